The Labute approximate surface area is 174 Å². The van der Waals surface area contributed by atoms with Gasteiger partial charge in [0.15, 0.2) is 0 Å². The Morgan fingerprint density at radius 1 is 0.929 bits per heavy atom. The molecule has 2 atom stereocenters. The lowest BCUT2D eigenvalue weighted by atomic mass is 10.0. The maximum Gasteiger partial charge on any atom is 0.0991 e. The largest absolute Gasteiger partial charge is 0.359 e. The Kier molecular flexibility index (Phi) is 11.0. The van der Waals surface area contributed by atoms with Gasteiger partial charge in [0, 0.05) is 12.0 Å². The van der Waals surface area contributed by atoms with Gasteiger partial charge in [0.25, 0.3) is 0 Å². The van der Waals surface area contributed by atoms with E-state index in [9.17, 15) is 0 Å². The van der Waals surface area contributed by atoms with Crippen LogP contribution in [-0.4, -0.2) is 4.90 Å². The van der Waals surface area contributed by atoms with Gasteiger partial charge in [-0.25, -0.2) is 0 Å². The molecule has 0 radical (unpaired) electrons. The molecule has 4 heteroatoms. The van der Waals surface area contributed by atoms with Gasteiger partial charge in [-0.15, -0.1) is 18.5 Å². The van der Waals surface area contributed by atoms with Crippen molar-refractivity contribution in [1.29, 1.82) is 5.26 Å². The normalized spacial score (nSPS) is 9.54. The summed E-state index contributed by atoms with van der Waals surface area (Å²) in [5.41, 5.74) is 9.37. The second-order valence-corrected chi connectivity index (χ2v) is 9.71. The maximum absolute atomic E-state index is 8.79. The van der Waals surface area contributed by atoms with Crippen LogP contribution >= 0.6 is 18.5 Å². The smallest absolute Gasteiger partial charge is 0.0991 e. The lowest BCUT2D eigenvalue weighted by Gasteiger charge is -2.05. The molecular formula is C24H28N2P2. The highest BCUT2D eigenvalue weighted by atomic mass is 31.1. The number of hydrogen-bond acceptors (Lipinski definition) is 2. The molecule has 0 aromatic heterocycles. The van der Waals surface area contributed by atoms with E-state index in [0.717, 1.165) is 0 Å². The van der Waals surface area contributed by atoms with E-state index < -0.39 is 0 Å². The van der Waals surface area contributed by atoms with E-state index in [1.54, 1.807) is 0 Å². The highest BCUT2D eigenvalue weighted by Gasteiger charge is 2.02. The summed E-state index contributed by atoms with van der Waals surface area (Å²) in [7, 11) is 5.13. The van der Waals surface area contributed by atoms with E-state index in [2.05, 4.69) is 79.5 Å². The zero-order valence-electron chi connectivity index (χ0n) is 16.6. The van der Waals surface area contributed by atoms with Crippen molar-refractivity contribution in [1.82, 2.24) is 0 Å². The van der Waals surface area contributed by atoms with Crippen LogP contribution in [0.2, 0.25) is 0 Å². The molecule has 0 spiro atoms. The third-order valence-corrected chi connectivity index (χ3v) is 4.13. The van der Waals surface area contributed by atoms with Crippen molar-refractivity contribution in [2.45, 2.75) is 44.4 Å². The minimum atomic E-state index is -0.135. The van der Waals surface area contributed by atoms with E-state index in [1.807, 2.05) is 31.2 Å². The predicted molar refractivity (Wildman–Crippen MR) is 127 cm³/mol. The molecule has 2 unspecified atom stereocenters. The number of nitrogens with zero attached hydrogens (tertiary/aromatic N) is 1. The van der Waals surface area contributed by atoms with E-state index in [4.69, 9.17) is 11.0 Å². The minimum Gasteiger partial charge on any atom is -0.359 e. The Morgan fingerprint density at radius 2 is 1.50 bits per heavy atom. The fourth-order valence-electron chi connectivity index (χ4n) is 2.38. The zero-order valence-corrected chi connectivity index (χ0v) is 18.9. The molecule has 0 aliphatic carbocycles. The van der Waals surface area contributed by atoms with Crippen LogP contribution in [0.5, 0.6) is 0 Å². The summed E-state index contributed by atoms with van der Waals surface area (Å²) in [6, 6.07) is 20.8. The number of unbranched alkanes of at least 4 members (excludes halogenated alkanes) is 2. The molecule has 0 aliphatic rings. The monoisotopic (exact) mass is 406 g/mol. The first-order valence-corrected chi connectivity index (χ1v) is 10.4. The molecule has 0 saturated heterocycles. The summed E-state index contributed by atoms with van der Waals surface area (Å²) in [6.07, 6.45) is 5.01. The zero-order chi connectivity index (χ0) is 20.8. The highest BCUT2D eigenvalue weighted by Crippen LogP contribution is 2.23. The molecular weight excluding hydrogens is 378 g/mol. The van der Waals surface area contributed by atoms with Gasteiger partial charge in [0.2, 0.25) is 0 Å². The van der Waals surface area contributed by atoms with Gasteiger partial charge in [-0.1, -0.05) is 62.1 Å². The minimum absolute atomic E-state index is 0.135. The number of aryl methyl sites for hydroxylation is 1. The molecule has 2 N–H and O–H groups in total. The number of hydrogen-bond donors (Lipinski definition) is 1. The Balaban J connectivity index is 0.000000370. The third-order valence-electron chi connectivity index (χ3n) is 3.84. The second kappa shape index (κ2) is 13.0. The van der Waals surface area contributed by atoms with Crippen LogP contribution in [0.3, 0.4) is 0 Å². The van der Waals surface area contributed by atoms with Gasteiger partial charge in [-0.2, -0.15) is 5.26 Å². The van der Waals surface area contributed by atoms with Gasteiger partial charge in [0.1, 0.15) is 0 Å². The summed E-state index contributed by atoms with van der Waals surface area (Å²) in [6.45, 7) is 4.18. The van der Waals surface area contributed by atoms with E-state index >= 15 is 0 Å². The SMILES string of the molecule is CC(P)(P)C#CC#CN.CCCCCc1ccc(-c2ccc(C#N)cc2)cc1. The summed E-state index contributed by atoms with van der Waals surface area (Å²) < 4.78 is 0. The van der Waals surface area contributed by atoms with Crippen molar-refractivity contribution in [3.8, 4) is 41.0 Å². The Morgan fingerprint density at radius 3 is 1.96 bits per heavy atom. The number of benzene rings is 2. The van der Waals surface area contributed by atoms with Crippen LogP contribution in [0.15, 0.2) is 48.5 Å². The van der Waals surface area contributed by atoms with Crippen molar-refractivity contribution in [2.24, 2.45) is 5.73 Å². The summed E-state index contributed by atoms with van der Waals surface area (Å²) in [4.78, 5) is -0.135. The van der Waals surface area contributed by atoms with E-state index in [-0.39, 0.29) is 4.90 Å². The van der Waals surface area contributed by atoms with Crippen molar-refractivity contribution in [2.75, 3.05) is 0 Å². The average Bonchev–Trinajstić information content (AvgIpc) is 2.69. The Bertz CT molecular complexity index is 879. The average molecular weight is 406 g/mol. The molecule has 2 aromatic carbocycles. The summed E-state index contributed by atoms with van der Waals surface area (Å²) in [5.74, 6) is 7.89. The fourth-order valence-corrected chi connectivity index (χ4v) is 2.53. The Hall–Kier alpha value is -2.29. The molecule has 2 nitrogen and oxygen atoms in total. The van der Waals surface area contributed by atoms with Crippen LogP contribution in [0.25, 0.3) is 11.1 Å². The molecule has 28 heavy (non-hydrogen) atoms. The molecule has 0 amide bonds. The lowest BCUT2D eigenvalue weighted by molar-refractivity contribution is 0.717. The first-order chi connectivity index (χ1) is 13.4. The second-order valence-electron chi connectivity index (χ2n) is 6.65. The standard InChI is InChI=1S/C18H19N.C6H9NP2/c1-2-3-4-5-15-6-10-17(11-7-15)18-12-8-16(14-19)9-13-18;1-6(8,9)4-2-3-5-7/h6-13H,2-5H2,1H3;7-9H2,1H3. The van der Waals surface area contributed by atoms with E-state index in [0.29, 0.717) is 5.56 Å². The van der Waals surface area contributed by atoms with Crippen molar-refractivity contribution < 1.29 is 0 Å². The van der Waals surface area contributed by atoms with Gasteiger partial charge in [-0.3, -0.25) is 0 Å². The molecule has 0 fully saturated rings. The molecule has 2 aromatic rings. The summed E-state index contributed by atoms with van der Waals surface area (Å²) >= 11 is 0. The first kappa shape index (κ1) is 23.7. The molecule has 0 heterocycles. The van der Waals surface area contributed by atoms with Gasteiger partial charge < -0.3 is 5.73 Å². The molecule has 144 valence electrons. The number of nitrogens with two attached hydrogens (primary N) is 1. The lowest BCUT2D eigenvalue weighted by Crippen LogP contribution is -1.97. The van der Waals surface area contributed by atoms with Crippen molar-refractivity contribution in [3.63, 3.8) is 0 Å². The van der Waals surface area contributed by atoms with E-state index in [1.165, 1.54) is 42.4 Å². The van der Waals surface area contributed by atoms with Crippen molar-refractivity contribution in [3.05, 3.63) is 59.7 Å². The first-order valence-electron chi connectivity index (χ1n) is 9.29. The van der Waals surface area contributed by atoms with Gasteiger partial charge >= 0.3 is 0 Å². The van der Waals surface area contributed by atoms with Gasteiger partial charge in [0.05, 0.1) is 16.5 Å². The van der Waals surface area contributed by atoms with Crippen LogP contribution in [0.1, 0.15) is 44.2 Å². The van der Waals surface area contributed by atoms with Crippen LogP contribution in [-0.2, 0) is 6.42 Å². The van der Waals surface area contributed by atoms with Crippen LogP contribution in [0.4, 0.5) is 0 Å². The third kappa shape index (κ3) is 10.1. The number of rotatable bonds is 5. The molecule has 2 rings (SSSR count). The quantitative estimate of drug-likeness (QED) is 0.316. The predicted octanol–water partition coefficient (Wildman–Crippen LogP) is 5.33. The molecule has 0 saturated carbocycles. The van der Waals surface area contributed by atoms with Crippen LogP contribution < -0.4 is 5.73 Å². The van der Waals surface area contributed by atoms with Crippen molar-refractivity contribution >= 4 is 18.5 Å². The van der Waals surface area contributed by atoms with Gasteiger partial charge in [-0.05, 0) is 54.5 Å². The maximum atomic E-state index is 8.79. The topological polar surface area (TPSA) is 49.8 Å². The highest BCUT2D eigenvalue weighted by molar-refractivity contribution is 7.40. The molecule has 0 bridgehead atoms. The van der Waals surface area contributed by atoms with Crippen LogP contribution in [0, 0.1) is 35.1 Å². The molecule has 0 aliphatic heterocycles. The number of nitriles is 1. The summed E-state index contributed by atoms with van der Waals surface area (Å²) in [5, 5.41) is 8.79. The fraction of sp³-hybridized carbons (Fsp3) is 0.292.